The number of ether oxygens (including phenoxy) is 1. The third-order valence-electron chi connectivity index (χ3n) is 3.10. The summed E-state index contributed by atoms with van der Waals surface area (Å²) in [6.45, 7) is 4.04. The van der Waals surface area contributed by atoms with Crippen molar-refractivity contribution < 1.29 is 19.7 Å². The number of hydrogen-bond acceptors (Lipinski definition) is 3. The number of benzene rings is 1. The van der Waals surface area contributed by atoms with Gasteiger partial charge in [-0.05, 0) is 43.5 Å². The first-order valence-electron chi connectivity index (χ1n) is 6.09. The Hall–Kier alpha value is -1.55. The van der Waals surface area contributed by atoms with Crippen LogP contribution in [-0.4, -0.2) is 21.8 Å². The number of carboxylic acids is 1. The molecule has 4 nitrogen and oxygen atoms in total. The molecular weight excluding hydrogens is 232 g/mol. The molecular formula is C14H18O4. The Kier molecular flexibility index (Phi) is 3.30. The average Bonchev–Trinajstić information content (AvgIpc) is 2.58. The lowest BCUT2D eigenvalue weighted by atomic mass is 9.97. The summed E-state index contributed by atoms with van der Waals surface area (Å²) >= 11 is 0. The van der Waals surface area contributed by atoms with Crippen LogP contribution in [0.2, 0.25) is 0 Å². The molecule has 1 aliphatic heterocycles. The van der Waals surface area contributed by atoms with Gasteiger partial charge < -0.3 is 14.9 Å². The van der Waals surface area contributed by atoms with Crippen molar-refractivity contribution in [2.45, 2.75) is 44.8 Å². The van der Waals surface area contributed by atoms with Crippen molar-refractivity contribution in [3.8, 4) is 5.75 Å². The zero-order valence-corrected chi connectivity index (χ0v) is 10.6. The van der Waals surface area contributed by atoms with Crippen molar-refractivity contribution >= 4 is 5.97 Å². The minimum absolute atomic E-state index is 0.0275. The van der Waals surface area contributed by atoms with Gasteiger partial charge in [-0.2, -0.15) is 0 Å². The second-order valence-electron chi connectivity index (χ2n) is 5.35. The summed E-state index contributed by atoms with van der Waals surface area (Å²) in [4.78, 5) is 10.5. The molecule has 0 aromatic heterocycles. The molecule has 0 aliphatic carbocycles. The maximum atomic E-state index is 10.5. The standard InChI is InChI=1S/C14H18O4/c1-14(2)8-10-7-9(3-5-12(10)18-14)11(15)4-6-13(16)17/h3,5,7,11,15H,4,6,8H2,1-2H3,(H,16,17)/t11-/m1/s1. The van der Waals surface area contributed by atoms with E-state index in [9.17, 15) is 9.90 Å². The number of carboxylic acid groups (broad SMARTS) is 1. The molecule has 0 spiro atoms. The Morgan fingerprint density at radius 1 is 1.50 bits per heavy atom. The van der Waals surface area contributed by atoms with Crippen molar-refractivity contribution in [2.75, 3.05) is 0 Å². The number of aliphatic hydroxyl groups excluding tert-OH is 1. The highest BCUT2D eigenvalue weighted by Gasteiger charge is 2.30. The normalized spacial score (nSPS) is 17.9. The van der Waals surface area contributed by atoms with Gasteiger partial charge in [0.05, 0.1) is 6.10 Å². The average molecular weight is 250 g/mol. The van der Waals surface area contributed by atoms with Gasteiger partial charge in [0, 0.05) is 12.8 Å². The first-order chi connectivity index (χ1) is 8.37. The maximum Gasteiger partial charge on any atom is 0.303 e. The summed E-state index contributed by atoms with van der Waals surface area (Å²) in [6, 6.07) is 5.56. The molecule has 1 heterocycles. The molecule has 0 unspecified atom stereocenters. The molecule has 1 aliphatic rings. The number of rotatable bonds is 4. The molecule has 0 amide bonds. The van der Waals surface area contributed by atoms with E-state index in [4.69, 9.17) is 9.84 Å². The summed E-state index contributed by atoms with van der Waals surface area (Å²) in [6.07, 6.45) is 0.288. The van der Waals surface area contributed by atoms with E-state index >= 15 is 0 Å². The highest BCUT2D eigenvalue weighted by atomic mass is 16.5. The number of fused-ring (bicyclic) bond motifs is 1. The van der Waals surface area contributed by atoms with E-state index < -0.39 is 12.1 Å². The van der Waals surface area contributed by atoms with Crippen LogP contribution in [0.15, 0.2) is 18.2 Å². The molecule has 2 N–H and O–H groups in total. The van der Waals surface area contributed by atoms with Crippen LogP contribution in [-0.2, 0) is 11.2 Å². The number of aliphatic carboxylic acids is 1. The molecule has 0 saturated heterocycles. The second-order valence-corrected chi connectivity index (χ2v) is 5.35. The molecule has 0 radical (unpaired) electrons. The molecule has 1 aromatic carbocycles. The zero-order valence-electron chi connectivity index (χ0n) is 10.6. The summed E-state index contributed by atoms with van der Waals surface area (Å²) < 4.78 is 5.75. The van der Waals surface area contributed by atoms with E-state index in [-0.39, 0.29) is 18.4 Å². The molecule has 18 heavy (non-hydrogen) atoms. The minimum atomic E-state index is -0.889. The molecule has 98 valence electrons. The maximum absolute atomic E-state index is 10.5. The lowest BCUT2D eigenvalue weighted by Crippen LogP contribution is -2.24. The van der Waals surface area contributed by atoms with Crippen LogP contribution in [0.25, 0.3) is 0 Å². The Morgan fingerprint density at radius 2 is 2.22 bits per heavy atom. The van der Waals surface area contributed by atoms with Crippen LogP contribution in [0.5, 0.6) is 5.75 Å². The van der Waals surface area contributed by atoms with Gasteiger partial charge in [0.1, 0.15) is 11.4 Å². The highest BCUT2D eigenvalue weighted by Crippen LogP contribution is 2.36. The van der Waals surface area contributed by atoms with E-state index in [0.29, 0.717) is 0 Å². The minimum Gasteiger partial charge on any atom is -0.487 e. The van der Waals surface area contributed by atoms with Crippen molar-refractivity contribution in [3.63, 3.8) is 0 Å². The molecule has 2 rings (SSSR count). The van der Waals surface area contributed by atoms with Gasteiger partial charge in [0.2, 0.25) is 0 Å². The van der Waals surface area contributed by atoms with Crippen LogP contribution < -0.4 is 4.74 Å². The van der Waals surface area contributed by atoms with Crippen molar-refractivity contribution in [3.05, 3.63) is 29.3 Å². The SMILES string of the molecule is CC1(C)Cc2cc([C@H](O)CCC(=O)O)ccc2O1. The zero-order chi connectivity index (χ0) is 13.3. The van der Waals surface area contributed by atoms with Gasteiger partial charge in [0.15, 0.2) is 0 Å². The van der Waals surface area contributed by atoms with Crippen molar-refractivity contribution in [1.82, 2.24) is 0 Å². The van der Waals surface area contributed by atoms with Crippen molar-refractivity contribution in [1.29, 1.82) is 0 Å². The van der Waals surface area contributed by atoms with Gasteiger partial charge in [-0.1, -0.05) is 6.07 Å². The van der Waals surface area contributed by atoms with Gasteiger partial charge in [-0.15, -0.1) is 0 Å². The number of hydrogen-bond donors (Lipinski definition) is 2. The summed E-state index contributed by atoms with van der Waals surface area (Å²) in [7, 11) is 0. The van der Waals surface area contributed by atoms with Gasteiger partial charge in [-0.3, -0.25) is 4.79 Å². The fraction of sp³-hybridized carbons (Fsp3) is 0.500. The fourth-order valence-electron chi connectivity index (χ4n) is 2.26. The number of carbonyl (C=O) groups is 1. The Morgan fingerprint density at radius 3 is 2.89 bits per heavy atom. The first-order valence-corrected chi connectivity index (χ1v) is 6.09. The molecule has 4 heteroatoms. The van der Waals surface area contributed by atoms with E-state index in [0.717, 1.165) is 23.3 Å². The molecule has 0 bridgehead atoms. The second kappa shape index (κ2) is 4.61. The quantitative estimate of drug-likeness (QED) is 0.860. The van der Waals surface area contributed by atoms with Crippen LogP contribution in [0.1, 0.15) is 43.9 Å². The van der Waals surface area contributed by atoms with E-state index in [1.165, 1.54) is 0 Å². The predicted molar refractivity (Wildman–Crippen MR) is 66.7 cm³/mol. The third-order valence-corrected chi connectivity index (χ3v) is 3.10. The third kappa shape index (κ3) is 2.82. The van der Waals surface area contributed by atoms with Crippen LogP contribution >= 0.6 is 0 Å². The largest absolute Gasteiger partial charge is 0.487 e. The molecule has 0 saturated carbocycles. The van der Waals surface area contributed by atoms with Crippen LogP contribution in [0.4, 0.5) is 0 Å². The van der Waals surface area contributed by atoms with Crippen LogP contribution in [0, 0.1) is 0 Å². The smallest absolute Gasteiger partial charge is 0.303 e. The lowest BCUT2D eigenvalue weighted by molar-refractivity contribution is -0.137. The summed E-state index contributed by atoms with van der Waals surface area (Å²) in [5, 5.41) is 18.5. The Balaban J connectivity index is 2.11. The first kappa shape index (κ1) is 12.9. The lowest BCUT2D eigenvalue weighted by Gasteiger charge is -2.16. The van der Waals surface area contributed by atoms with E-state index in [2.05, 4.69) is 0 Å². The van der Waals surface area contributed by atoms with Gasteiger partial charge in [0.25, 0.3) is 0 Å². The Bertz CT molecular complexity index is 465. The number of aliphatic hydroxyl groups is 1. The summed E-state index contributed by atoms with van der Waals surface area (Å²) in [5.74, 6) is -0.0335. The summed E-state index contributed by atoms with van der Waals surface area (Å²) in [5.41, 5.74) is 1.63. The highest BCUT2D eigenvalue weighted by molar-refractivity contribution is 5.66. The van der Waals surface area contributed by atoms with Crippen LogP contribution in [0.3, 0.4) is 0 Å². The van der Waals surface area contributed by atoms with E-state index in [1.807, 2.05) is 26.0 Å². The topological polar surface area (TPSA) is 66.8 Å². The van der Waals surface area contributed by atoms with Gasteiger partial charge in [-0.25, -0.2) is 0 Å². The predicted octanol–water partition coefficient (Wildman–Crippen LogP) is 2.30. The van der Waals surface area contributed by atoms with Gasteiger partial charge >= 0.3 is 5.97 Å². The Labute approximate surface area is 106 Å². The molecule has 1 atom stereocenters. The fourth-order valence-corrected chi connectivity index (χ4v) is 2.26. The monoisotopic (exact) mass is 250 g/mol. The van der Waals surface area contributed by atoms with E-state index in [1.54, 1.807) is 6.07 Å². The van der Waals surface area contributed by atoms with Crippen molar-refractivity contribution in [2.24, 2.45) is 0 Å². The molecule has 1 aromatic rings. The molecule has 0 fully saturated rings.